The summed E-state index contributed by atoms with van der Waals surface area (Å²) in [5.41, 5.74) is 2.75. The van der Waals surface area contributed by atoms with Gasteiger partial charge in [0.25, 0.3) is 5.91 Å². The average Bonchev–Trinajstić information content (AvgIpc) is 2.51. The van der Waals surface area contributed by atoms with Crippen LogP contribution in [0.15, 0.2) is 42.5 Å². The van der Waals surface area contributed by atoms with Crippen molar-refractivity contribution in [3.8, 4) is 5.75 Å². The van der Waals surface area contributed by atoms with E-state index in [2.05, 4.69) is 12.2 Å². The van der Waals surface area contributed by atoms with Crippen LogP contribution in [0.5, 0.6) is 5.75 Å². The van der Waals surface area contributed by atoms with E-state index in [4.69, 9.17) is 16.3 Å². The zero-order valence-electron chi connectivity index (χ0n) is 13.0. The summed E-state index contributed by atoms with van der Waals surface area (Å²) in [7, 11) is 0. The highest BCUT2D eigenvalue weighted by molar-refractivity contribution is 6.31. The van der Waals surface area contributed by atoms with Crippen LogP contribution in [0.4, 0.5) is 5.69 Å². The Morgan fingerprint density at radius 2 is 2.00 bits per heavy atom. The van der Waals surface area contributed by atoms with E-state index in [9.17, 15) is 4.79 Å². The van der Waals surface area contributed by atoms with Gasteiger partial charge in [-0.05, 0) is 49.6 Å². The molecule has 2 rings (SSSR count). The van der Waals surface area contributed by atoms with Gasteiger partial charge in [0.2, 0.25) is 0 Å². The number of hydrogen-bond acceptors (Lipinski definition) is 2. The Hall–Kier alpha value is -2.00. The Labute approximate surface area is 136 Å². The van der Waals surface area contributed by atoms with E-state index in [0.717, 1.165) is 23.3 Å². The van der Waals surface area contributed by atoms with Crippen LogP contribution >= 0.6 is 11.6 Å². The maximum Gasteiger partial charge on any atom is 0.265 e. The molecule has 1 N–H and O–H groups in total. The zero-order valence-corrected chi connectivity index (χ0v) is 13.8. The molecule has 1 amide bonds. The topological polar surface area (TPSA) is 38.3 Å². The summed E-state index contributed by atoms with van der Waals surface area (Å²) in [5.74, 6) is 0.548. The van der Waals surface area contributed by atoms with Crippen LogP contribution in [-0.4, -0.2) is 12.0 Å². The Bertz CT molecular complexity index is 670. The van der Waals surface area contributed by atoms with E-state index in [-0.39, 0.29) is 5.91 Å². The van der Waals surface area contributed by atoms with Crippen molar-refractivity contribution in [1.29, 1.82) is 0 Å². The minimum absolute atomic E-state index is 0.198. The predicted octanol–water partition coefficient (Wildman–Crippen LogP) is 4.62. The molecule has 2 aromatic carbocycles. The van der Waals surface area contributed by atoms with Gasteiger partial charge in [-0.25, -0.2) is 0 Å². The largest absolute Gasteiger partial charge is 0.481 e. The van der Waals surface area contributed by atoms with Crippen LogP contribution in [-0.2, 0) is 11.2 Å². The van der Waals surface area contributed by atoms with Crippen molar-refractivity contribution in [3.05, 3.63) is 58.6 Å². The summed E-state index contributed by atoms with van der Waals surface area (Å²) in [6, 6.07) is 13.2. The number of anilines is 1. The fraction of sp³-hybridized carbons (Fsp3) is 0.278. The predicted molar refractivity (Wildman–Crippen MR) is 90.7 cm³/mol. The number of rotatable bonds is 5. The van der Waals surface area contributed by atoms with Crippen LogP contribution in [0.25, 0.3) is 0 Å². The molecule has 116 valence electrons. The summed E-state index contributed by atoms with van der Waals surface area (Å²) in [4.78, 5) is 12.3. The van der Waals surface area contributed by atoms with Crippen LogP contribution in [0.2, 0.25) is 5.02 Å². The standard InChI is InChI=1S/C18H20ClNO2/c1-4-14-7-5-6-8-17(14)22-13(3)18(21)20-16-11-15(19)10-9-12(16)2/h5-11,13H,4H2,1-3H3,(H,20,21)/t13-/m0/s1. The molecule has 0 aliphatic rings. The lowest BCUT2D eigenvalue weighted by molar-refractivity contribution is -0.122. The number of hydrogen-bond donors (Lipinski definition) is 1. The number of benzene rings is 2. The van der Waals surface area contributed by atoms with Crippen molar-refractivity contribution in [2.75, 3.05) is 5.32 Å². The normalized spacial score (nSPS) is 11.8. The Morgan fingerprint density at radius 3 is 2.73 bits per heavy atom. The summed E-state index contributed by atoms with van der Waals surface area (Å²) in [6.45, 7) is 5.72. The maximum atomic E-state index is 12.3. The molecular formula is C18H20ClNO2. The third kappa shape index (κ3) is 4.01. The Kier molecular flexibility index (Phi) is 5.45. The van der Waals surface area contributed by atoms with Crippen LogP contribution in [0.3, 0.4) is 0 Å². The van der Waals surface area contributed by atoms with Crippen LogP contribution in [0.1, 0.15) is 25.0 Å². The molecule has 0 unspecified atom stereocenters. The molecule has 2 aromatic rings. The van der Waals surface area contributed by atoms with E-state index in [0.29, 0.717) is 10.7 Å². The first kappa shape index (κ1) is 16.4. The van der Waals surface area contributed by atoms with E-state index < -0.39 is 6.10 Å². The van der Waals surface area contributed by atoms with Gasteiger partial charge >= 0.3 is 0 Å². The minimum atomic E-state index is -0.592. The van der Waals surface area contributed by atoms with Gasteiger partial charge in [-0.3, -0.25) is 4.79 Å². The second-order valence-corrected chi connectivity index (χ2v) is 5.61. The van der Waals surface area contributed by atoms with Crippen molar-refractivity contribution in [3.63, 3.8) is 0 Å². The molecule has 22 heavy (non-hydrogen) atoms. The van der Waals surface area contributed by atoms with Gasteiger partial charge in [-0.15, -0.1) is 0 Å². The first-order valence-electron chi connectivity index (χ1n) is 7.33. The van der Waals surface area contributed by atoms with Gasteiger partial charge in [0, 0.05) is 10.7 Å². The number of aryl methyl sites for hydroxylation is 2. The van der Waals surface area contributed by atoms with Gasteiger partial charge in [-0.2, -0.15) is 0 Å². The highest BCUT2D eigenvalue weighted by atomic mass is 35.5. The zero-order chi connectivity index (χ0) is 16.1. The average molecular weight is 318 g/mol. The first-order valence-corrected chi connectivity index (χ1v) is 7.70. The number of ether oxygens (including phenoxy) is 1. The number of carbonyl (C=O) groups is 1. The molecule has 0 fully saturated rings. The molecule has 0 radical (unpaired) electrons. The summed E-state index contributed by atoms with van der Waals surface area (Å²) >= 11 is 5.97. The van der Waals surface area contributed by atoms with Crippen molar-refractivity contribution >= 4 is 23.2 Å². The Balaban J connectivity index is 2.07. The molecule has 0 spiro atoms. The monoisotopic (exact) mass is 317 g/mol. The van der Waals surface area contributed by atoms with Crippen molar-refractivity contribution in [2.45, 2.75) is 33.3 Å². The summed E-state index contributed by atoms with van der Waals surface area (Å²) < 4.78 is 5.80. The number of carbonyl (C=O) groups excluding carboxylic acids is 1. The summed E-state index contributed by atoms with van der Waals surface area (Å²) in [6.07, 6.45) is 0.267. The van der Waals surface area contributed by atoms with Crippen molar-refractivity contribution in [1.82, 2.24) is 0 Å². The third-order valence-corrected chi connectivity index (χ3v) is 3.72. The highest BCUT2D eigenvalue weighted by Gasteiger charge is 2.17. The van der Waals surface area contributed by atoms with Gasteiger partial charge in [-0.1, -0.05) is 42.8 Å². The number of nitrogens with one attached hydrogen (secondary N) is 1. The molecule has 0 saturated heterocycles. The SMILES string of the molecule is CCc1ccccc1O[C@@H](C)C(=O)Nc1cc(Cl)ccc1C. The molecule has 1 atom stereocenters. The molecule has 0 heterocycles. The van der Waals surface area contributed by atoms with Gasteiger partial charge < -0.3 is 10.1 Å². The van der Waals surface area contributed by atoms with Gasteiger partial charge in [0.05, 0.1) is 0 Å². The van der Waals surface area contributed by atoms with Gasteiger partial charge in [0.1, 0.15) is 5.75 Å². The Morgan fingerprint density at radius 1 is 1.27 bits per heavy atom. The molecule has 4 heteroatoms. The highest BCUT2D eigenvalue weighted by Crippen LogP contribution is 2.22. The number of amides is 1. The second kappa shape index (κ2) is 7.32. The van der Waals surface area contributed by atoms with Crippen LogP contribution in [0, 0.1) is 6.92 Å². The quantitative estimate of drug-likeness (QED) is 0.874. The molecule has 0 saturated carbocycles. The van der Waals surface area contributed by atoms with E-state index in [1.165, 1.54) is 0 Å². The smallest absolute Gasteiger partial charge is 0.265 e. The van der Waals surface area contributed by atoms with Crippen LogP contribution < -0.4 is 10.1 Å². The molecule has 3 nitrogen and oxygen atoms in total. The van der Waals surface area contributed by atoms with Crippen molar-refractivity contribution < 1.29 is 9.53 Å². The third-order valence-electron chi connectivity index (χ3n) is 3.48. The van der Waals surface area contributed by atoms with E-state index in [1.807, 2.05) is 37.3 Å². The molecule has 0 aromatic heterocycles. The lowest BCUT2D eigenvalue weighted by atomic mass is 10.1. The second-order valence-electron chi connectivity index (χ2n) is 5.17. The molecule has 0 bridgehead atoms. The lowest BCUT2D eigenvalue weighted by Crippen LogP contribution is -2.30. The fourth-order valence-corrected chi connectivity index (χ4v) is 2.29. The van der Waals surface area contributed by atoms with Crippen molar-refractivity contribution in [2.24, 2.45) is 0 Å². The van der Waals surface area contributed by atoms with Gasteiger partial charge in [0.15, 0.2) is 6.10 Å². The lowest BCUT2D eigenvalue weighted by Gasteiger charge is -2.17. The number of para-hydroxylation sites is 1. The number of halogens is 1. The molecular weight excluding hydrogens is 298 g/mol. The fourth-order valence-electron chi connectivity index (χ4n) is 2.12. The first-order chi connectivity index (χ1) is 10.5. The summed E-state index contributed by atoms with van der Waals surface area (Å²) in [5, 5.41) is 3.45. The maximum absolute atomic E-state index is 12.3. The molecule has 0 aliphatic carbocycles. The minimum Gasteiger partial charge on any atom is -0.481 e. The van der Waals surface area contributed by atoms with E-state index >= 15 is 0 Å². The van der Waals surface area contributed by atoms with E-state index in [1.54, 1.807) is 19.1 Å². The molecule has 0 aliphatic heterocycles.